The fourth-order valence-electron chi connectivity index (χ4n) is 1.04. The third-order valence-electron chi connectivity index (χ3n) is 1.88. The largest absolute Gasteiger partial charge is 0.379 e. The summed E-state index contributed by atoms with van der Waals surface area (Å²) in [7, 11) is 0. The van der Waals surface area contributed by atoms with Crippen LogP contribution in [0.25, 0.3) is 0 Å². The first-order chi connectivity index (χ1) is 5.74. The zero-order valence-electron chi connectivity index (χ0n) is 7.67. The Balaban J connectivity index is 2.75. The van der Waals surface area contributed by atoms with E-state index in [1.54, 1.807) is 0 Å². The van der Waals surface area contributed by atoms with Gasteiger partial charge in [-0.3, -0.25) is 0 Å². The molecule has 1 heteroatoms. The van der Waals surface area contributed by atoms with Crippen LogP contribution < -0.4 is 5.32 Å². The maximum absolute atomic E-state index is 3.72. The van der Waals surface area contributed by atoms with Gasteiger partial charge in [-0.1, -0.05) is 24.3 Å². The first-order valence-electron chi connectivity index (χ1n) is 4.18. The van der Waals surface area contributed by atoms with Gasteiger partial charge in [-0.15, -0.1) is 6.58 Å². The SMILES string of the molecule is C=CC(C)Nc1ccccc1C. The summed E-state index contributed by atoms with van der Waals surface area (Å²) in [6.07, 6.45) is 1.90. The predicted molar refractivity (Wildman–Crippen MR) is 54.5 cm³/mol. The molecule has 1 rings (SSSR count). The average Bonchev–Trinajstić information content (AvgIpc) is 2.09. The Kier molecular flexibility index (Phi) is 2.92. The topological polar surface area (TPSA) is 12.0 Å². The number of benzene rings is 1. The van der Waals surface area contributed by atoms with Gasteiger partial charge in [0.2, 0.25) is 0 Å². The molecule has 1 nitrogen and oxygen atoms in total. The summed E-state index contributed by atoms with van der Waals surface area (Å²) in [6, 6.07) is 8.57. The summed E-state index contributed by atoms with van der Waals surface area (Å²) in [6.45, 7) is 7.90. The molecule has 0 aliphatic rings. The molecule has 0 radical (unpaired) electrons. The Hall–Kier alpha value is -1.24. The molecular weight excluding hydrogens is 146 g/mol. The molecule has 0 spiro atoms. The maximum atomic E-state index is 3.72. The third-order valence-corrected chi connectivity index (χ3v) is 1.88. The second-order valence-electron chi connectivity index (χ2n) is 2.98. The quantitative estimate of drug-likeness (QED) is 0.672. The van der Waals surface area contributed by atoms with Crippen LogP contribution in [0.5, 0.6) is 0 Å². The van der Waals surface area contributed by atoms with Crippen LogP contribution in [0.4, 0.5) is 5.69 Å². The Morgan fingerprint density at radius 2 is 2.08 bits per heavy atom. The predicted octanol–water partition coefficient (Wildman–Crippen LogP) is 2.98. The van der Waals surface area contributed by atoms with Crippen LogP contribution in [-0.2, 0) is 0 Å². The normalized spacial score (nSPS) is 12.2. The van der Waals surface area contributed by atoms with Gasteiger partial charge >= 0.3 is 0 Å². The van der Waals surface area contributed by atoms with E-state index in [0.29, 0.717) is 6.04 Å². The molecule has 0 bridgehead atoms. The molecule has 1 atom stereocenters. The van der Waals surface area contributed by atoms with E-state index in [0.717, 1.165) is 0 Å². The van der Waals surface area contributed by atoms with Crippen molar-refractivity contribution in [3.8, 4) is 0 Å². The highest BCUT2D eigenvalue weighted by atomic mass is 14.9. The fraction of sp³-hybridized carbons (Fsp3) is 0.273. The van der Waals surface area contributed by atoms with Crippen LogP contribution in [0.3, 0.4) is 0 Å². The van der Waals surface area contributed by atoms with Gasteiger partial charge in [-0.25, -0.2) is 0 Å². The Morgan fingerprint density at radius 1 is 1.42 bits per heavy atom. The standard InChI is InChI=1S/C11H15N/c1-4-10(3)12-11-8-6-5-7-9(11)2/h4-8,10,12H,1H2,2-3H3. The molecule has 64 valence electrons. The molecule has 0 amide bonds. The van der Waals surface area contributed by atoms with Crippen LogP contribution in [-0.4, -0.2) is 6.04 Å². The number of nitrogens with one attached hydrogen (secondary N) is 1. The third kappa shape index (κ3) is 2.12. The van der Waals surface area contributed by atoms with Gasteiger partial charge in [-0.05, 0) is 25.5 Å². The number of hydrogen-bond donors (Lipinski definition) is 1. The molecule has 0 saturated heterocycles. The van der Waals surface area contributed by atoms with E-state index in [1.807, 2.05) is 18.2 Å². The van der Waals surface area contributed by atoms with E-state index in [4.69, 9.17) is 0 Å². The zero-order chi connectivity index (χ0) is 8.97. The summed E-state index contributed by atoms with van der Waals surface area (Å²) in [4.78, 5) is 0. The van der Waals surface area contributed by atoms with E-state index in [2.05, 4.69) is 37.9 Å². The number of para-hydroxylation sites is 1. The van der Waals surface area contributed by atoms with Crippen molar-refractivity contribution in [3.63, 3.8) is 0 Å². The Labute approximate surface area is 74.1 Å². The zero-order valence-corrected chi connectivity index (χ0v) is 7.67. The second-order valence-corrected chi connectivity index (χ2v) is 2.98. The molecular formula is C11H15N. The summed E-state index contributed by atoms with van der Waals surface area (Å²) >= 11 is 0. The summed E-state index contributed by atoms with van der Waals surface area (Å²) < 4.78 is 0. The van der Waals surface area contributed by atoms with Crippen molar-refractivity contribution < 1.29 is 0 Å². The van der Waals surface area contributed by atoms with Crippen molar-refractivity contribution in [1.82, 2.24) is 0 Å². The van der Waals surface area contributed by atoms with E-state index in [-0.39, 0.29) is 0 Å². The van der Waals surface area contributed by atoms with Gasteiger partial charge in [0.05, 0.1) is 0 Å². The first kappa shape index (κ1) is 8.85. The van der Waals surface area contributed by atoms with Gasteiger partial charge in [0.25, 0.3) is 0 Å². The Morgan fingerprint density at radius 3 is 2.67 bits per heavy atom. The van der Waals surface area contributed by atoms with Gasteiger partial charge < -0.3 is 5.32 Å². The highest BCUT2D eigenvalue weighted by Gasteiger charge is 1.97. The van der Waals surface area contributed by atoms with E-state index < -0.39 is 0 Å². The van der Waals surface area contributed by atoms with E-state index in [1.165, 1.54) is 11.3 Å². The molecule has 1 unspecified atom stereocenters. The van der Waals surface area contributed by atoms with Gasteiger partial charge in [0, 0.05) is 11.7 Å². The lowest BCUT2D eigenvalue weighted by atomic mass is 10.2. The summed E-state index contributed by atoms with van der Waals surface area (Å²) in [5.74, 6) is 0. The monoisotopic (exact) mass is 161 g/mol. The minimum atomic E-state index is 0.325. The van der Waals surface area contributed by atoms with Crippen LogP contribution in [0, 0.1) is 6.92 Å². The molecule has 0 heterocycles. The number of aryl methyl sites for hydroxylation is 1. The van der Waals surface area contributed by atoms with E-state index >= 15 is 0 Å². The summed E-state index contributed by atoms with van der Waals surface area (Å²) in [5, 5.41) is 3.34. The Bertz CT molecular complexity index is 265. The molecule has 0 aromatic heterocycles. The molecule has 1 aromatic carbocycles. The smallest absolute Gasteiger partial charge is 0.0413 e. The van der Waals surface area contributed by atoms with Gasteiger partial charge in [0.1, 0.15) is 0 Å². The minimum absolute atomic E-state index is 0.325. The minimum Gasteiger partial charge on any atom is -0.379 e. The number of rotatable bonds is 3. The van der Waals surface area contributed by atoms with Gasteiger partial charge in [0.15, 0.2) is 0 Å². The highest BCUT2D eigenvalue weighted by Crippen LogP contribution is 2.14. The lowest BCUT2D eigenvalue weighted by molar-refractivity contribution is 0.998. The molecule has 0 saturated carbocycles. The first-order valence-corrected chi connectivity index (χ1v) is 4.18. The lowest BCUT2D eigenvalue weighted by Gasteiger charge is -2.12. The van der Waals surface area contributed by atoms with Crippen LogP contribution >= 0.6 is 0 Å². The van der Waals surface area contributed by atoms with Crippen LogP contribution in [0.1, 0.15) is 12.5 Å². The molecule has 0 fully saturated rings. The van der Waals surface area contributed by atoms with Crippen molar-refractivity contribution in [3.05, 3.63) is 42.5 Å². The van der Waals surface area contributed by atoms with E-state index in [9.17, 15) is 0 Å². The van der Waals surface area contributed by atoms with Crippen molar-refractivity contribution in [2.45, 2.75) is 19.9 Å². The maximum Gasteiger partial charge on any atom is 0.0413 e. The van der Waals surface area contributed by atoms with Crippen molar-refractivity contribution in [2.24, 2.45) is 0 Å². The van der Waals surface area contributed by atoms with Crippen molar-refractivity contribution in [2.75, 3.05) is 5.32 Å². The fourth-order valence-corrected chi connectivity index (χ4v) is 1.04. The van der Waals surface area contributed by atoms with Crippen molar-refractivity contribution in [1.29, 1.82) is 0 Å². The average molecular weight is 161 g/mol. The highest BCUT2D eigenvalue weighted by molar-refractivity contribution is 5.51. The van der Waals surface area contributed by atoms with Crippen LogP contribution in [0.2, 0.25) is 0 Å². The molecule has 1 N–H and O–H groups in total. The van der Waals surface area contributed by atoms with Crippen molar-refractivity contribution >= 4 is 5.69 Å². The van der Waals surface area contributed by atoms with Gasteiger partial charge in [-0.2, -0.15) is 0 Å². The molecule has 1 aromatic rings. The molecule has 0 aliphatic heterocycles. The molecule has 12 heavy (non-hydrogen) atoms. The van der Waals surface area contributed by atoms with Crippen LogP contribution in [0.15, 0.2) is 36.9 Å². The summed E-state index contributed by atoms with van der Waals surface area (Å²) in [5.41, 5.74) is 2.45. The second kappa shape index (κ2) is 3.96. The lowest BCUT2D eigenvalue weighted by Crippen LogP contribution is -2.11. The number of hydrogen-bond acceptors (Lipinski definition) is 1. The molecule has 0 aliphatic carbocycles. The number of anilines is 1.